The van der Waals surface area contributed by atoms with Crippen LogP contribution in [0.3, 0.4) is 0 Å². The molecule has 0 fully saturated rings. The summed E-state index contributed by atoms with van der Waals surface area (Å²) in [5, 5.41) is 15.6. The van der Waals surface area contributed by atoms with Crippen LogP contribution in [-0.2, 0) is 4.79 Å². The lowest BCUT2D eigenvalue weighted by atomic mass is 10.2. The third-order valence-corrected chi connectivity index (χ3v) is 4.87. The van der Waals surface area contributed by atoms with Gasteiger partial charge in [0.2, 0.25) is 5.91 Å². The van der Waals surface area contributed by atoms with Crippen molar-refractivity contribution in [3.05, 3.63) is 52.5 Å². The zero-order valence-corrected chi connectivity index (χ0v) is 13.8. The Labute approximate surface area is 146 Å². The number of benzene rings is 1. The number of hydrogen-bond acceptors (Lipinski definition) is 5. The number of carbonyl (C=O) groups excluding carboxylic acids is 2. The van der Waals surface area contributed by atoms with Crippen molar-refractivity contribution in [1.29, 1.82) is 0 Å². The molecule has 3 aromatic rings. The Kier molecular flexibility index (Phi) is 4.64. The standard InChI is InChI=1S/C16H12ClN3O3S/c17-13-9-4-1-2-6-11(9)24-14(13)16(23)19-8-12(22)20-15-10(21)5-3-7-18-15/h1-7,21H,8H2,(H,19,23)(H,18,20,22). The highest BCUT2D eigenvalue weighted by Crippen LogP contribution is 2.34. The molecule has 1 aromatic carbocycles. The Morgan fingerprint density at radius 1 is 1.21 bits per heavy atom. The number of aromatic hydroxyl groups is 1. The minimum absolute atomic E-state index is 0.0386. The molecule has 0 saturated carbocycles. The fraction of sp³-hybridized carbons (Fsp3) is 0.0625. The molecule has 0 atom stereocenters. The molecule has 2 amide bonds. The molecule has 3 N–H and O–H groups in total. The normalized spacial score (nSPS) is 10.5. The highest BCUT2D eigenvalue weighted by atomic mass is 35.5. The summed E-state index contributed by atoms with van der Waals surface area (Å²) in [4.78, 5) is 28.3. The molecule has 2 aromatic heterocycles. The fourth-order valence-electron chi connectivity index (χ4n) is 2.07. The van der Waals surface area contributed by atoms with Gasteiger partial charge in [0.15, 0.2) is 11.6 Å². The van der Waals surface area contributed by atoms with Crippen molar-refractivity contribution in [2.45, 2.75) is 0 Å². The van der Waals surface area contributed by atoms with Crippen LogP contribution in [0.1, 0.15) is 9.67 Å². The summed E-state index contributed by atoms with van der Waals surface area (Å²) in [6.07, 6.45) is 1.44. The van der Waals surface area contributed by atoms with Gasteiger partial charge < -0.3 is 15.7 Å². The van der Waals surface area contributed by atoms with Gasteiger partial charge in [-0.05, 0) is 18.2 Å². The average Bonchev–Trinajstić information content (AvgIpc) is 2.92. The quantitative estimate of drug-likeness (QED) is 0.666. The van der Waals surface area contributed by atoms with E-state index in [4.69, 9.17) is 11.6 Å². The number of nitrogens with zero attached hydrogens (tertiary/aromatic N) is 1. The van der Waals surface area contributed by atoms with Crippen molar-refractivity contribution in [1.82, 2.24) is 10.3 Å². The number of anilines is 1. The number of halogens is 1. The number of nitrogens with one attached hydrogen (secondary N) is 2. The molecule has 0 bridgehead atoms. The molecule has 0 unspecified atom stereocenters. The van der Waals surface area contributed by atoms with Gasteiger partial charge in [-0.25, -0.2) is 4.98 Å². The first-order chi connectivity index (χ1) is 11.6. The van der Waals surface area contributed by atoms with Gasteiger partial charge in [-0.3, -0.25) is 9.59 Å². The molecule has 2 heterocycles. The molecule has 24 heavy (non-hydrogen) atoms. The van der Waals surface area contributed by atoms with Crippen LogP contribution in [-0.4, -0.2) is 28.4 Å². The van der Waals surface area contributed by atoms with Gasteiger partial charge in [0.25, 0.3) is 5.91 Å². The Morgan fingerprint density at radius 2 is 2.00 bits per heavy atom. The first kappa shape index (κ1) is 16.2. The minimum Gasteiger partial charge on any atom is -0.504 e. The first-order valence-electron chi connectivity index (χ1n) is 6.95. The van der Waals surface area contributed by atoms with Gasteiger partial charge in [-0.15, -0.1) is 11.3 Å². The third-order valence-electron chi connectivity index (χ3n) is 3.19. The van der Waals surface area contributed by atoms with Crippen LogP contribution in [0.2, 0.25) is 5.02 Å². The molecule has 122 valence electrons. The number of fused-ring (bicyclic) bond motifs is 1. The molecule has 0 spiro atoms. The summed E-state index contributed by atoms with van der Waals surface area (Å²) in [6, 6.07) is 10.4. The van der Waals surface area contributed by atoms with Crippen LogP contribution in [0.4, 0.5) is 5.82 Å². The molecule has 0 aliphatic carbocycles. The van der Waals surface area contributed by atoms with Gasteiger partial charge in [0.05, 0.1) is 11.6 Å². The Hall–Kier alpha value is -2.64. The van der Waals surface area contributed by atoms with Crippen LogP contribution in [0, 0.1) is 0 Å². The Bertz CT molecular complexity index is 926. The molecular formula is C16H12ClN3O3S. The lowest BCUT2D eigenvalue weighted by Gasteiger charge is -2.06. The maximum Gasteiger partial charge on any atom is 0.263 e. The van der Waals surface area contributed by atoms with E-state index in [1.165, 1.54) is 29.7 Å². The van der Waals surface area contributed by atoms with E-state index in [0.717, 1.165) is 10.1 Å². The monoisotopic (exact) mass is 361 g/mol. The van der Waals surface area contributed by atoms with E-state index in [9.17, 15) is 14.7 Å². The topological polar surface area (TPSA) is 91.3 Å². The van der Waals surface area contributed by atoms with Gasteiger partial charge >= 0.3 is 0 Å². The van der Waals surface area contributed by atoms with Crippen LogP contribution in [0.25, 0.3) is 10.1 Å². The van der Waals surface area contributed by atoms with Gasteiger partial charge in [0.1, 0.15) is 4.88 Å². The van der Waals surface area contributed by atoms with E-state index >= 15 is 0 Å². The lowest BCUT2D eigenvalue weighted by Crippen LogP contribution is -2.32. The second-order valence-electron chi connectivity index (χ2n) is 4.84. The number of aromatic nitrogens is 1. The second-order valence-corrected chi connectivity index (χ2v) is 6.27. The second kappa shape index (κ2) is 6.86. The summed E-state index contributed by atoms with van der Waals surface area (Å²) < 4.78 is 0.899. The van der Waals surface area contributed by atoms with Crippen molar-refractivity contribution in [2.24, 2.45) is 0 Å². The lowest BCUT2D eigenvalue weighted by molar-refractivity contribution is -0.115. The maximum absolute atomic E-state index is 12.2. The summed E-state index contributed by atoms with van der Waals surface area (Å²) in [5.41, 5.74) is 0. The van der Waals surface area contributed by atoms with E-state index in [2.05, 4.69) is 15.6 Å². The predicted molar refractivity (Wildman–Crippen MR) is 93.7 cm³/mol. The molecule has 0 saturated heterocycles. The first-order valence-corrected chi connectivity index (χ1v) is 8.15. The zero-order chi connectivity index (χ0) is 17.1. The fourth-order valence-corrected chi connectivity index (χ4v) is 3.50. The molecule has 0 radical (unpaired) electrons. The largest absolute Gasteiger partial charge is 0.504 e. The Morgan fingerprint density at radius 3 is 2.75 bits per heavy atom. The zero-order valence-electron chi connectivity index (χ0n) is 12.2. The van der Waals surface area contributed by atoms with E-state index in [-0.39, 0.29) is 18.1 Å². The molecule has 6 nitrogen and oxygen atoms in total. The van der Waals surface area contributed by atoms with E-state index in [1.54, 1.807) is 0 Å². The highest BCUT2D eigenvalue weighted by Gasteiger charge is 2.17. The Balaban J connectivity index is 1.65. The number of amides is 2. The number of hydrogen-bond donors (Lipinski definition) is 3. The van der Waals surface area contributed by atoms with Crippen LogP contribution in [0.15, 0.2) is 42.6 Å². The third kappa shape index (κ3) is 3.32. The number of carbonyl (C=O) groups is 2. The molecule has 0 aliphatic rings. The van der Waals surface area contributed by atoms with Gasteiger partial charge in [0, 0.05) is 16.3 Å². The number of pyridine rings is 1. The smallest absolute Gasteiger partial charge is 0.263 e. The van der Waals surface area contributed by atoms with Gasteiger partial charge in [-0.1, -0.05) is 29.8 Å². The van der Waals surface area contributed by atoms with Crippen molar-refractivity contribution in [3.63, 3.8) is 0 Å². The van der Waals surface area contributed by atoms with Gasteiger partial charge in [-0.2, -0.15) is 0 Å². The van der Waals surface area contributed by atoms with E-state index in [1.807, 2.05) is 24.3 Å². The van der Waals surface area contributed by atoms with E-state index in [0.29, 0.717) is 9.90 Å². The highest BCUT2D eigenvalue weighted by molar-refractivity contribution is 7.21. The van der Waals surface area contributed by atoms with E-state index < -0.39 is 11.8 Å². The van der Waals surface area contributed by atoms with Crippen molar-refractivity contribution in [2.75, 3.05) is 11.9 Å². The molecule has 3 rings (SSSR count). The summed E-state index contributed by atoms with van der Waals surface area (Å²) in [7, 11) is 0. The summed E-state index contributed by atoms with van der Waals surface area (Å²) in [5.74, 6) is -1.04. The minimum atomic E-state index is -0.505. The van der Waals surface area contributed by atoms with Crippen molar-refractivity contribution in [3.8, 4) is 5.75 Å². The maximum atomic E-state index is 12.2. The van der Waals surface area contributed by atoms with Crippen molar-refractivity contribution >= 4 is 50.7 Å². The van der Waals surface area contributed by atoms with Crippen molar-refractivity contribution < 1.29 is 14.7 Å². The number of thiophene rings is 1. The molecule has 0 aliphatic heterocycles. The van der Waals surface area contributed by atoms with Crippen LogP contribution in [0.5, 0.6) is 5.75 Å². The van der Waals surface area contributed by atoms with Crippen LogP contribution < -0.4 is 10.6 Å². The predicted octanol–water partition coefficient (Wildman–Crippen LogP) is 3.02. The SMILES string of the molecule is O=C(CNC(=O)c1sc2ccccc2c1Cl)Nc1ncccc1O. The number of rotatable bonds is 4. The summed E-state index contributed by atoms with van der Waals surface area (Å²) >= 11 is 7.49. The molecular weight excluding hydrogens is 350 g/mol. The van der Waals surface area contributed by atoms with Crippen LogP contribution >= 0.6 is 22.9 Å². The summed E-state index contributed by atoms with van der Waals surface area (Å²) in [6.45, 7) is -0.264. The average molecular weight is 362 g/mol. The molecule has 8 heteroatoms.